The van der Waals surface area contributed by atoms with Crippen molar-refractivity contribution in [2.75, 3.05) is 6.61 Å². The maximum Gasteiger partial charge on any atom is 0.0471 e. The van der Waals surface area contributed by atoms with Crippen molar-refractivity contribution in [2.45, 2.75) is 6.42 Å². The first-order valence-electron chi connectivity index (χ1n) is 9.08. The molecule has 0 fully saturated rings. The second-order valence-electron chi connectivity index (χ2n) is 5.42. The van der Waals surface area contributed by atoms with Crippen LogP contribution in [0.4, 0.5) is 0 Å². The summed E-state index contributed by atoms with van der Waals surface area (Å²) in [5.74, 6) is 0. The number of rotatable bonds is 2. The van der Waals surface area contributed by atoms with Crippen molar-refractivity contribution in [1.82, 2.24) is 0 Å². The Morgan fingerprint density at radius 1 is 0.370 bits per heavy atom. The summed E-state index contributed by atoms with van der Waals surface area (Å²) in [4.78, 5) is 0. The fraction of sp³-hybridized carbons (Fsp3) is 0.0769. The Hall–Kier alpha value is -3.16. The molecule has 1 nitrogen and oxygen atoms in total. The van der Waals surface area contributed by atoms with Crippen LogP contribution in [-0.4, -0.2) is 11.7 Å². The maximum atomic E-state index is 8.52. The monoisotopic (exact) mass is 356 g/mol. The third-order valence-corrected chi connectivity index (χ3v) is 3.24. The van der Waals surface area contributed by atoms with Gasteiger partial charge in [-0.1, -0.05) is 140 Å². The van der Waals surface area contributed by atoms with Crippen molar-refractivity contribution >= 4 is 0 Å². The number of aliphatic hydroxyl groups is 1. The predicted molar refractivity (Wildman–Crippen MR) is 117 cm³/mol. The van der Waals surface area contributed by atoms with Crippen LogP contribution in [0.25, 0.3) is 0 Å². The van der Waals surface area contributed by atoms with Crippen molar-refractivity contribution in [1.29, 1.82) is 0 Å². The lowest BCUT2D eigenvalue weighted by Crippen LogP contribution is -1.88. The molecular weight excluding hydrogens is 328 g/mol. The van der Waals surface area contributed by atoms with E-state index in [1.54, 1.807) is 0 Å². The van der Waals surface area contributed by atoms with E-state index >= 15 is 0 Å². The molecule has 0 aliphatic heterocycles. The van der Waals surface area contributed by atoms with E-state index in [4.69, 9.17) is 5.11 Å². The van der Waals surface area contributed by atoms with Gasteiger partial charge in [-0.2, -0.15) is 0 Å². The molecule has 0 aromatic heterocycles. The summed E-state index contributed by atoms with van der Waals surface area (Å²) in [5, 5.41) is 8.52. The Labute approximate surface area is 163 Å². The first-order valence-corrected chi connectivity index (χ1v) is 9.08. The number of benzene rings is 4. The molecule has 4 rings (SSSR count). The van der Waals surface area contributed by atoms with E-state index in [1.165, 1.54) is 5.56 Å². The standard InChI is InChI=1S/C8H10O.3C6H6/c9-7-6-8-4-2-1-3-5-8;3*1-2-4-6-5-3-1/h1-5,9H,6-7H2;3*1-6H. The Balaban J connectivity index is 0.000000183. The van der Waals surface area contributed by atoms with E-state index in [1.807, 2.05) is 140 Å². The zero-order valence-corrected chi connectivity index (χ0v) is 15.6. The molecule has 0 heterocycles. The average Bonchev–Trinajstić information content (AvgIpc) is 2.80. The Morgan fingerprint density at radius 3 is 0.815 bits per heavy atom. The molecule has 0 amide bonds. The molecule has 27 heavy (non-hydrogen) atoms. The van der Waals surface area contributed by atoms with Gasteiger partial charge in [0.1, 0.15) is 0 Å². The molecule has 0 spiro atoms. The van der Waals surface area contributed by atoms with Gasteiger partial charge in [0.05, 0.1) is 0 Å². The van der Waals surface area contributed by atoms with Gasteiger partial charge in [-0.15, -0.1) is 0 Å². The van der Waals surface area contributed by atoms with Crippen LogP contribution in [0.15, 0.2) is 140 Å². The van der Waals surface area contributed by atoms with Gasteiger partial charge in [0, 0.05) is 6.61 Å². The van der Waals surface area contributed by atoms with Crippen LogP contribution in [0.5, 0.6) is 0 Å². The van der Waals surface area contributed by atoms with Crippen LogP contribution >= 0.6 is 0 Å². The second kappa shape index (κ2) is 17.7. The number of hydrogen-bond acceptors (Lipinski definition) is 1. The molecule has 0 radical (unpaired) electrons. The zero-order chi connectivity index (χ0) is 19.3. The third kappa shape index (κ3) is 14.9. The topological polar surface area (TPSA) is 20.2 Å². The lowest BCUT2D eigenvalue weighted by Gasteiger charge is -1.93. The highest BCUT2D eigenvalue weighted by Crippen LogP contribution is 1.97. The van der Waals surface area contributed by atoms with E-state index in [9.17, 15) is 0 Å². The van der Waals surface area contributed by atoms with Crippen LogP contribution in [0.3, 0.4) is 0 Å². The maximum absolute atomic E-state index is 8.52. The molecule has 0 atom stereocenters. The van der Waals surface area contributed by atoms with E-state index in [2.05, 4.69) is 0 Å². The minimum atomic E-state index is 0.240. The van der Waals surface area contributed by atoms with Gasteiger partial charge >= 0.3 is 0 Å². The SMILES string of the molecule is OCCc1ccccc1.c1ccccc1.c1ccccc1.c1ccccc1. The molecular formula is C26H28O. The molecule has 0 bridgehead atoms. The van der Waals surface area contributed by atoms with Gasteiger partial charge in [0.2, 0.25) is 0 Å². The van der Waals surface area contributed by atoms with Crippen molar-refractivity contribution in [3.8, 4) is 0 Å². The molecule has 0 unspecified atom stereocenters. The minimum absolute atomic E-state index is 0.240. The summed E-state index contributed by atoms with van der Waals surface area (Å²) in [7, 11) is 0. The van der Waals surface area contributed by atoms with Crippen molar-refractivity contribution in [3.05, 3.63) is 145 Å². The van der Waals surface area contributed by atoms with Crippen molar-refractivity contribution in [3.63, 3.8) is 0 Å². The zero-order valence-electron chi connectivity index (χ0n) is 15.6. The van der Waals surface area contributed by atoms with Crippen LogP contribution in [0.2, 0.25) is 0 Å². The summed E-state index contributed by atoms with van der Waals surface area (Å²) >= 11 is 0. The van der Waals surface area contributed by atoms with E-state index < -0.39 is 0 Å². The van der Waals surface area contributed by atoms with Gasteiger partial charge in [-0.25, -0.2) is 0 Å². The first-order chi connectivity index (χ1) is 13.4. The predicted octanol–water partition coefficient (Wildman–Crippen LogP) is 6.28. The summed E-state index contributed by atoms with van der Waals surface area (Å²) in [5.41, 5.74) is 1.19. The molecule has 4 aromatic rings. The highest BCUT2D eigenvalue weighted by molar-refractivity contribution is 5.14. The van der Waals surface area contributed by atoms with Crippen LogP contribution < -0.4 is 0 Å². The van der Waals surface area contributed by atoms with Gasteiger partial charge in [-0.05, 0) is 12.0 Å². The largest absolute Gasteiger partial charge is 0.396 e. The van der Waals surface area contributed by atoms with Crippen LogP contribution in [0.1, 0.15) is 5.56 Å². The number of aliphatic hydroxyl groups excluding tert-OH is 1. The van der Waals surface area contributed by atoms with E-state index in [0.29, 0.717) is 0 Å². The third-order valence-electron chi connectivity index (χ3n) is 3.24. The molecule has 0 aliphatic carbocycles. The van der Waals surface area contributed by atoms with E-state index in [0.717, 1.165) is 6.42 Å². The molecule has 1 N–H and O–H groups in total. The second-order valence-corrected chi connectivity index (χ2v) is 5.42. The molecule has 138 valence electrons. The number of hydrogen-bond donors (Lipinski definition) is 1. The summed E-state index contributed by atoms with van der Waals surface area (Å²) in [6.07, 6.45) is 0.765. The quantitative estimate of drug-likeness (QED) is 0.448. The van der Waals surface area contributed by atoms with Gasteiger partial charge in [0.25, 0.3) is 0 Å². The van der Waals surface area contributed by atoms with Gasteiger partial charge in [0.15, 0.2) is 0 Å². The van der Waals surface area contributed by atoms with Crippen molar-refractivity contribution in [2.24, 2.45) is 0 Å². The normalized spacial score (nSPS) is 8.48. The summed E-state index contributed by atoms with van der Waals surface area (Å²) in [6, 6.07) is 45.9. The summed E-state index contributed by atoms with van der Waals surface area (Å²) in [6.45, 7) is 0.240. The van der Waals surface area contributed by atoms with Gasteiger partial charge in [-0.3, -0.25) is 0 Å². The minimum Gasteiger partial charge on any atom is -0.396 e. The lowest BCUT2D eigenvalue weighted by molar-refractivity contribution is 0.299. The average molecular weight is 357 g/mol. The van der Waals surface area contributed by atoms with Crippen LogP contribution in [0, 0.1) is 0 Å². The highest BCUT2D eigenvalue weighted by Gasteiger charge is 1.85. The molecule has 1 heteroatoms. The smallest absolute Gasteiger partial charge is 0.0471 e. The lowest BCUT2D eigenvalue weighted by atomic mass is 10.2. The first kappa shape index (κ1) is 21.9. The fourth-order valence-electron chi connectivity index (χ4n) is 1.93. The molecule has 0 saturated carbocycles. The Bertz CT molecular complexity index is 571. The van der Waals surface area contributed by atoms with Crippen molar-refractivity contribution < 1.29 is 5.11 Å². The Morgan fingerprint density at radius 2 is 0.593 bits per heavy atom. The van der Waals surface area contributed by atoms with Gasteiger partial charge < -0.3 is 5.11 Å². The van der Waals surface area contributed by atoms with Crippen LogP contribution in [-0.2, 0) is 6.42 Å². The van der Waals surface area contributed by atoms with E-state index in [-0.39, 0.29) is 6.61 Å². The molecule has 4 aromatic carbocycles. The molecule has 0 aliphatic rings. The Kier molecular flexibility index (Phi) is 14.3. The fourth-order valence-corrected chi connectivity index (χ4v) is 1.93. The molecule has 0 saturated heterocycles. The highest BCUT2D eigenvalue weighted by atomic mass is 16.2. The summed E-state index contributed by atoms with van der Waals surface area (Å²) < 4.78 is 0.